The standard InChI is InChI=1S/C18H17N3O2/c1-2-12-4-3-5-16-14(10-19-17(12)16)11-20-21-18(23)13-6-8-15(22)9-7-13/h3-11,19,22H,2H2,1H3,(H,21,23). The Morgan fingerprint density at radius 2 is 2.04 bits per heavy atom. The van der Waals surface area contributed by atoms with E-state index < -0.39 is 0 Å². The number of para-hydroxylation sites is 1. The van der Waals surface area contributed by atoms with Crippen LogP contribution in [0, 0.1) is 0 Å². The number of fused-ring (bicyclic) bond motifs is 1. The SMILES string of the molecule is CCc1cccc2c(C=NNC(=O)c3ccc(O)cc3)c[nH]c12. The van der Waals surface area contributed by atoms with Crippen LogP contribution >= 0.6 is 0 Å². The van der Waals surface area contributed by atoms with E-state index in [0.717, 1.165) is 22.9 Å². The molecule has 5 nitrogen and oxygen atoms in total. The first kappa shape index (κ1) is 14.8. The van der Waals surface area contributed by atoms with Gasteiger partial charge in [0.05, 0.1) is 6.21 Å². The molecule has 0 aliphatic rings. The number of carbonyl (C=O) groups excluding carboxylic acids is 1. The molecule has 116 valence electrons. The number of H-pyrrole nitrogens is 1. The van der Waals surface area contributed by atoms with E-state index in [2.05, 4.69) is 28.5 Å². The van der Waals surface area contributed by atoms with Gasteiger partial charge in [-0.2, -0.15) is 5.10 Å². The average molecular weight is 307 g/mol. The maximum atomic E-state index is 11.9. The van der Waals surface area contributed by atoms with Gasteiger partial charge < -0.3 is 10.1 Å². The zero-order valence-corrected chi connectivity index (χ0v) is 12.7. The highest BCUT2D eigenvalue weighted by atomic mass is 16.3. The fourth-order valence-corrected chi connectivity index (χ4v) is 2.48. The van der Waals surface area contributed by atoms with E-state index in [-0.39, 0.29) is 11.7 Å². The summed E-state index contributed by atoms with van der Waals surface area (Å²) in [7, 11) is 0. The van der Waals surface area contributed by atoms with Crippen molar-refractivity contribution in [2.45, 2.75) is 13.3 Å². The second-order valence-electron chi connectivity index (χ2n) is 5.18. The summed E-state index contributed by atoms with van der Waals surface area (Å²) in [5.74, 6) is -0.203. The topological polar surface area (TPSA) is 77.5 Å². The van der Waals surface area contributed by atoms with Gasteiger partial charge in [-0.25, -0.2) is 5.43 Å². The second-order valence-corrected chi connectivity index (χ2v) is 5.18. The van der Waals surface area contributed by atoms with Crippen LogP contribution in [-0.4, -0.2) is 22.2 Å². The van der Waals surface area contributed by atoms with Gasteiger partial charge in [0.15, 0.2) is 0 Å². The van der Waals surface area contributed by atoms with Crippen LogP contribution in [0.1, 0.15) is 28.4 Å². The molecule has 1 amide bonds. The van der Waals surface area contributed by atoms with Crippen molar-refractivity contribution in [2.24, 2.45) is 5.10 Å². The lowest BCUT2D eigenvalue weighted by atomic mass is 10.1. The number of phenolic OH excluding ortho intramolecular Hbond substituents is 1. The van der Waals surface area contributed by atoms with Gasteiger partial charge in [-0.05, 0) is 36.2 Å². The Hall–Kier alpha value is -3.08. The number of carbonyl (C=O) groups is 1. The Morgan fingerprint density at radius 3 is 2.78 bits per heavy atom. The summed E-state index contributed by atoms with van der Waals surface area (Å²) in [6.45, 7) is 2.11. The van der Waals surface area contributed by atoms with Crippen molar-refractivity contribution >= 4 is 23.0 Å². The summed E-state index contributed by atoms with van der Waals surface area (Å²) >= 11 is 0. The van der Waals surface area contributed by atoms with Crippen molar-refractivity contribution in [3.05, 3.63) is 65.4 Å². The lowest BCUT2D eigenvalue weighted by Crippen LogP contribution is -2.17. The highest BCUT2D eigenvalue weighted by Gasteiger charge is 2.06. The Bertz CT molecular complexity index is 864. The van der Waals surface area contributed by atoms with Gasteiger partial charge in [-0.3, -0.25) is 4.79 Å². The molecule has 23 heavy (non-hydrogen) atoms. The van der Waals surface area contributed by atoms with Gasteiger partial charge in [-0.15, -0.1) is 0 Å². The minimum absolute atomic E-state index is 0.121. The summed E-state index contributed by atoms with van der Waals surface area (Å²) in [6.07, 6.45) is 4.45. The number of nitrogens with zero attached hydrogens (tertiary/aromatic N) is 1. The van der Waals surface area contributed by atoms with E-state index in [4.69, 9.17) is 0 Å². The molecule has 0 saturated carbocycles. The fraction of sp³-hybridized carbons (Fsp3) is 0.111. The molecule has 0 spiro atoms. The quantitative estimate of drug-likeness (QED) is 0.511. The number of aromatic hydroxyl groups is 1. The molecule has 0 unspecified atom stereocenters. The summed E-state index contributed by atoms with van der Waals surface area (Å²) < 4.78 is 0. The van der Waals surface area contributed by atoms with E-state index in [1.54, 1.807) is 18.3 Å². The van der Waals surface area contributed by atoms with Crippen molar-refractivity contribution in [1.82, 2.24) is 10.4 Å². The highest BCUT2D eigenvalue weighted by molar-refractivity contribution is 6.01. The summed E-state index contributed by atoms with van der Waals surface area (Å²) in [4.78, 5) is 15.2. The normalized spacial score (nSPS) is 11.2. The molecule has 0 saturated heterocycles. The molecule has 3 rings (SSSR count). The van der Waals surface area contributed by atoms with Crippen molar-refractivity contribution in [1.29, 1.82) is 0 Å². The molecule has 0 aliphatic carbocycles. The molecule has 0 atom stereocenters. The Morgan fingerprint density at radius 1 is 1.26 bits per heavy atom. The number of rotatable bonds is 4. The monoisotopic (exact) mass is 307 g/mol. The summed E-state index contributed by atoms with van der Waals surface area (Å²) in [5, 5.41) is 14.3. The fourth-order valence-electron chi connectivity index (χ4n) is 2.48. The number of hydrazone groups is 1. The minimum Gasteiger partial charge on any atom is -0.508 e. The maximum absolute atomic E-state index is 11.9. The number of benzene rings is 2. The molecule has 0 radical (unpaired) electrons. The van der Waals surface area contributed by atoms with Crippen LogP contribution in [0.4, 0.5) is 0 Å². The van der Waals surface area contributed by atoms with Crippen molar-refractivity contribution < 1.29 is 9.90 Å². The first-order valence-corrected chi connectivity index (χ1v) is 7.40. The first-order valence-electron chi connectivity index (χ1n) is 7.40. The third-order valence-electron chi connectivity index (χ3n) is 3.71. The van der Waals surface area contributed by atoms with E-state index >= 15 is 0 Å². The molecule has 0 bridgehead atoms. The van der Waals surface area contributed by atoms with Gasteiger partial charge in [-0.1, -0.05) is 25.1 Å². The molecule has 5 heteroatoms. The van der Waals surface area contributed by atoms with Crippen molar-refractivity contribution in [3.8, 4) is 5.75 Å². The van der Waals surface area contributed by atoms with Crippen molar-refractivity contribution in [3.63, 3.8) is 0 Å². The minimum atomic E-state index is -0.324. The third kappa shape index (κ3) is 3.08. The lowest BCUT2D eigenvalue weighted by molar-refractivity contribution is 0.0955. The molecule has 2 aromatic carbocycles. The molecule has 1 heterocycles. The van der Waals surface area contributed by atoms with Crippen LogP contribution in [0.3, 0.4) is 0 Å². The number of nitrogens with one attached hydrogen (secondary N) is 2. The molecule has 0 aliphatic heterocycles. The molecule has 3 aromatic rings. The molecule has 1 aromatic heterocycles. The van der Waals surface area contributed by atoms with Gasteiger partial charge in [0.25, 0.3) is 5.91 Å². The van der Waals surface area contributed by atoms with Gasteiger partial charge in [0, 0.05) is 28.2 Å². The Kier molecular flexibility index (Phi) is 4.10. The van der Waals surface area contributed by atoms with Crippen LogP contribution in [0.5, 0.6) is 5.75 Å². The van der Waals surface area contributed by atoms with E-state index in [0.29, 0.717) is 5.56 Å². The maximum Gasteiger partial charge on any atom is 0.271 e. The number of aromatic nitrogens is 1. The predicted octanol–water partition coefficient (Wildman–Crippen LogP) is 3.20. The Balaban J connectivity index is 1.76. The molecular formula is C18H17N3O2. The smallest absolute Gasteiger partial charge is 0.271 e. The number of hydrogen-bond acceptors (Lipinski definition) is 3. The van der Waals surface area contributed by atoms with E-state index in [1.165, 1.54) is 17.7 Å². The van der Waals surface area contributed by atoms with Crippen LogP contribution in [0.25, 0.3) is 10.9 Å². The van der Waals surface area contributed by atoms with Crippen LogP contribution in [0.2, 0.25) is 0 Å². The van der Waals surface area contributed by atoms with Crippen LogP contribution < -0.4 is 5.43 Å². The van der Waals surface area contributed by atoms with Crippen LogP contribution in [-0.2, 0) is 6.42 Å². The summed E-state index contributed by atoms with van der Waals surface area (Å²) in [5.41, 5.74) is 6.18. The molecule has 0 fully saturated rings. The predicted molar refractivity (Wildman–Crippen MR) is 90.8 cm³/mol. The largest absolute Gasteiger partial charge is 0.508 e. The number of phenols is 1. The summed E-state index contributed by atoms with van der Waals surface area (Å²) in [6, 6.07) is 12.1. The Labute approximate surface area is 133 Å². The van der Waals surface area contributed by atoms with E-state index in [9.17, 15) is 9.90 Å². The van der Waals surface area contributed by atoms with Crippen LogP contribution in [0.15, 0.2) is 53.8 Å². The zero-order chi connectivity index (χ0) is 16.2. The highest BCUT2D eigenvalue weighted by Crippen LogP contribution is 2.20. The number of amides is 1. The number of hydrogen-bond donors (Lipinski definition) is 3. The van der Waals surface area contributed by atoms with Crippen molar-refractivity contribution in [2.75, 3.05) is 0 Å². The number of aryl methyl sites for hydroxylation is 1. The molecular weight excluding hydrogens is 290 g/mol. The first-order chi connectivity index (χ1) is 11.2. The number of aromatic amines is 1. The zero-order valence-electron chi connectivity index (χ0n) is 12.7. The van der Waals surface area contributed by atoms with Gasteiger partial charge in [0.2, 0.25) is 0 Å². The lowest BCUT2D eigenvalue weighted by Gasteiger charge is -2.00. The average Bonchev–Trinajstić information content (AvgIpc) is 2.98. The second kappa shape index (κ2) is 6.36. The molecule has 3 N–H and O–H groups in total. The van der Waals surface area contributed by atoms with Gasteiger partial charge in [0.1, 0.15) is 5.75 Å². The third-order valence-corrected chi connectivity index (χ3v) is 3.71. The van der Waals surface area contributed by atoms with Gasteiger partial charge >= 0.3 is 0 Å². The van der Waals surface area contributed by atoms with E-state index in [1.807, 2.05) is 18.3 Å².